The molecule has 4 nitrogen and oxygen atoms in total. The van der Waals surface area contributed by atoms with Crippen LogP contribution in [0.15, 0.2) is 30.5 Å². The van der Waals surface area contributed by atoms with E-state index in [4.69, 9.17) is 28.5 Å². The molecule has 2 heterocycles. The van der Waals surface area contributed by atoms with Gasteiger partial charge in [0, 0.05) is 35.9 Å². The van der Waals surface area contributed by atoms with Crippen molar-refractivity contribution >= 4 is 34.7 Å². The Labute approximate surface area is 132 Å². The molecule has 0 atom stereocenters. The van der Waals surface area contributed by atoms with Crippen molar-refractivity contribution in [2.24, 2.45) is 0 Å². The maximum atomic E-state index is 9.03. The van der Waals surface area contributed by atoms with Gasteiger partial charge in [0.1, 0.15) is 11.9 Å². The third-order valence-corrected chi connectivity index (χ3v) is 3.98. The van der Waals surface area contributed by atoms with Gasteiger partial charge in [0.2, 0.25) is 0 Å². The number of hydrogen-bond acceptors (Lipinski definition) is 4. The third-order valence-electron chi connectivity index (χ3n) is 3.38. The number of rotatable bonds is 2. The van der Waals surface area contributed by atoms with Crippen LogP contribution < -0.4 is 10.2 Å². The van der Waals surface area contributed by atoms with Crippen LogP contribution in [0.25, 0.3) is 0 Å². The van der Waals surface area contributed by atoms with Gasteiger partial charge in [0.05, 0.1) is 11.3 Å². The number of nitriles is 1. The lowest BCUT2D eigenvalue weighted by atomic mass is 10.1. The van der Waals surface area contributed by atoms with Crippen molar-refractivity contribution in [1.82, 2.24) is 4.98 Å². The number of aromatic nitrogens is 1. The van der Waals surface area contributed by atoms with Gasteiger partial charge >= 0.3 is 0 Å². The smallest absolute Gasteiger partial charge is 0.149 e. The number of nitrogens with zero attached hydrogens (tertiary/aromatic N) is 3. The largest absolute Gasteiger partial charge is 0.367 e. The van der Waals surface area contributed by atoms with Gasteiger partial charge in [-0.15, -0.1) is 0 Å². The molecule has 2 aromatic rings. The molecule has 1 N–H and O–H groups in total. The van der Waals surface area contributed by atoms with Crippen molar-refractivity contribution in [2.75, 3.05) is 23.3 Å². The van der Waals surface area contributed by atoms with Crippen LogP contribution in [0.3, 0.4) is 0 Å². The van der Waals surface area contributed by atoms with E-state index in [9.17, 15) is 0 Å². The number of pyridine rings is 1. The lowest BCUT2D eigenvalue weighted by Crippen LogP contribution is -2.34. The summed E-state index contributed by atoms with van der Waals surface area (Å²) >= 11 is 12.3. The van der Waals surface area contributed by atoms with Crippen LogP contribution in [-0.4, -0.2) is 18.1 Å². The maximum absolute atomic E-state index is 9.03. The van der Waals surface area contributed by atoms with Gasteiger partial charge in [-0.25, -0.2) is 4.98 Å². The van der Waals surface area contributed by atoms with Crippen LogP contribution in [0.1, 0.15) is 11.1 Å². The normalized spacial score (nSPS) is 13.3. The molecule has 1 aliphatic rings. The Kier molecular flexibility index (Phi) is 3.87. The van der Waals surface area contributed by atoms with E-state index in [1.807, 2.05) is 12.1 Å². The molecule has 0 saturated heterocycles. The van der Waals surface area contributed by atoms with Crippen molar-refractivity contribution in [3.8, 4) is 6.07 Å². The highest BCUT2D eigenvalue weighted by atomic mass is 35.5. The highest BCUT2D eigenvalue weighted by Gasteiger charge is 2.19. The van der Waals surface area contributed by atoms with Gasteiger partial charge in [-0.1, -0.05) is 23.2 Å². The first-order chi connectivity index (χ1) is 10.2. The first-order valence-corrected chi connectivity index (χ1v) is 7.26. The standard InChI is InChI=1S/C15H12Cl2N4/c16-12-1-2-13(17)11(6-12)9-21-4-3-19-15-14(21)5-10(7-18)8-20-15/h1-2,5-6,8H,3-4,9H2,(H,19,20). The van der Waals surface area contributed by atoms with Crippen LogP contribution in [-0.2, 0) is 6.54 Å². The van der Waals surface area contributed by atoms with E-state index in [0.717, 1.165) is 30.2 Å². The second kappa shape index (κ2) is 5.80. The molecule has 0 saturated carbocycles. The average molecular weight is 319 g/mol. The summed E-state index contributed by atoms with van der Waals surface area (Å²) in [7, 11) is 0. The zero-order valence-corrected chi connectivity index (χ0v) is 12.6. The Hall–Kier alpha value is -1.96. The Morgan fingerprint density at radius 1 is 1.33 bits per heavy atom. The molecule has 21 heavy (non-hydrogen) atoms. The highest BCUT2D eigenvalue weighted by molar-refractivity contribution is 6.33. The Morgan fingerprint density at radius 3 is 3.00 bits per heavy atom. The number of anilines is 2. The van der Waals surface area contributed by atoms with Crippen LogP contribution in [0, 0.1) is 11.3 Å². The summed E-state index contributed by atoms with van der Waals surface area (Å²) < 4.78 is 0. The minimum Gasteiger partial charge on any atom is -0.367 e. The van der Waals surface area contributed by atoms with Crippen LogP contribution in [0.5, 0.6) is 0 Å². The molecular weight excluding hydrogens is 307 g/mol. The van der Waals surface area contributed by atoms with Crippen molar-refractivity contribution in [3.05, 3.63) is 51.6 Å². The van der Waals surface area contributed by atoms with Crippen LogP contribution in [0.2, 0.25) is 10.0 Å². The van der Waals surface area contributed by atoms with Gasteiger partial charge in [-0.05, 0) is 29.8 Å². The second-order valence-electron chi connectivity index (χ2n) is 4.79. The molecule has 0 aliphatic carbocycles. The predicted octanol–water partition coefficient (Wildman–Crippen LogP) is 3.69. The Morgan fingerprint density at radius 2 is 2.19 bits per heavy atom. The second-order valence-corrected chi connectivity index (χ2v) is 5.63. The van der Waals surface area contributed by atoms with Crippen molar-refractivity contribution in [3.63, 3.8) is 0 Å². The van der Waals surface area contributed by atoms with E-state index in [1.165, 1.54) is 0 Å². The minimum atomic E-state index is 0.541. The Bertz CT molecular complexity index is 724. The van der Waals surface area contributed by atoms with E-state index >= 15 is 0 Å². The lowest BCUT2D eigenvalue weighted by molar-refractivity contribution is 0.780. The number of benzene rings is 1. The van der Waals surface area contributed by atoms with Gasteiger partial charge in [0.25, 0.3) is 0 Å². The summed E-state index contributed by atoms with van der Waals surface area (Å²) in [6, 6.07) is 9.40. The molecule has 3 rings (SSSR count). The first kappa shape index (κ1) is 14.0. The summed E-state index contributed by atoms with van der Waals surface area (Å²) in [4.78, 5) is 6.44. The summed E-state index contributed by atoms with van der Waals surface area (Å²) in [5, 5.41) is 13.6. The molecule has 0 fully saturated rings. The zero-order chi connectivity index (χ0) is 14.8. The maximum Gasteiger partial charge on any atom is 0.149 e. The molecule has 106 valence electrons. The van der Waals surface area contributed by atoms with Crippen molar-refractivity contribution in [2.45, 2.75) is 6.54 Å². The number of halogens is 2. The summed E-state index contributed by atoms with van der Waals surface area (Å²) in [5.41, 5.74) is 2.41. The first-order valence-electron chi connectivity index (χ1n) is 6.50. The van der Waals surface area contributed by atoms with Crippen LogP contribution in [0.4, 0.5) is 11.5 Å². The van der Waals surface area contributed by atoms with Gasteiger partial charge in [-0.3, -0.25) is 0 Å². The molecule has 0 amide bonds. The fourth-order valence-electron chi connectivity index (χ4n) is 2.36. The highest BCUT2D eigenvalue weighted by Crippen LogP contribution is 2.31. The average Bonchev–Trinajstić information content (AvgIpc) is 2.51. The molecule has 1 aromatic carbocycles. The molecule has 0 unspecified atom stereocenters. The quantitative estimate of drug-likeness (QED) is 0.917. The minimum absolute atomic E-state index is 0.541. The molecule has 0 spiro atoms. The molecule has 6 heteroatoms. The fourth-order valence-corrected chi connectivity index (χ4v) is 2.73. The number of nitrogens with one attached hydrogen (secondary N) is 1. The lowest BCUT2D eigenvalue weighted by Gasteiger charge is -2.31. The summed E-state index contributed by atoms with van der Waals surface area (Å²) in [6.07, 6.45) is 1.57. The van der Waals surface area contributed by atoms with Gasteiger partial charge < -0.3 is 10.2 Å². The fraction of sp³-hybridized carbons (Fsp3) is 0.200. The third kappa shape index (κ3) is 2.90. The molecule has 1 aliphatic heterocycles. The number of fused-ring (bicyclic) bond motifs is 1. The van der Waals surface area contributed by atoms with Crippen LogP contribution >= 0.6 is 23.2 Å². The molecular formula is C15H12Cl2N4. The summed E-state index contributed by atoms with van der Waals surface area (Å²) in [6.45, 7) is 2.24. The zero-order valence-electron chi connectivity index (χ0n) is 11.1. The topological polar surface area (TPSA) is 52.0 Å². The van der Waals surface area contributed by atoms with Gasteiger partial charge in [0.15, 0.2) is 0 Å². The van der Waals surface area contributed by atoms with E-state index in [0.29, 0.717) is 22.2 Å². The SMILES string of the molecule is N#Cc1cnc2c(c1)N(Cc1cc(Cl)ccc1Cl)CCN2. The molecule has 1 aromatic heterocycles. The Balaban J connectivity index is 1.95. The van der Waals surface area contributed by atoms with E-state index in [2.05, 4.69) is 21.3 Å². The monoisotopic (exact) mass is 318 g/mol. The van der Waals surface area contributed by atoms with E-state index in [-0.39, 0.29) is 0 Å². The number of hydrogen-bond donors (Lipinski definition) is 1. The predicted molar refractivity (Wildman–Crippen MR) is 85.0 cm³/mol. The van der Waals surface area contributed by atoms with E-state index < -0.39 is 0 Å². The summed E-state index contributed by atoms with van der Waals surface area (Å²) in [5.74, 6) is 0.790. The van der Waals surface area contributed by atoms with Gasteiger partial charge in [-0.2, -0.15) is 5.26 Å². The molecule has 0 bridgehead atoms. The molecule has 0 radical (unpaired) electrons. The van der Waals surface area contributed by atoms with E-state index in [1.54, 1.807) is 18.3 Å². The van der Waals surface area contributed by atoms with Crippen molar-refractivity contribution in [1.29, 1.82) is 5.26 Å². The van der Waals surface area contributed by atoms with Crippen molar-refractivity contribution < 1.29 is 0 Å².